The Morgan fingerprint density at radius 1 is 1.33 bits per heavy atom. The zero-order valence-electron chi connectivity index (χ0n) is 13.1. The molecule has 0 atom stereocenters. The molecule has 1 aromatic rings. The third-order valence-electron chi connectivity index (χ3n) is 3.71. The highest BCUT2D eigenvalue weighted by Crippen LogP contribution is 2.28. The number of methoxy groups -OCH3 is 1. The van der Waals surface area contributed by atoms with Crippen LogP contribution in [0, 0.1) is 0 Å². The first kappa shape index (κ1) is 15.6. The first-order valence-electron chi connectivity index (χ1n) is 7.50. The summed E-state index contributed by atoms with van der Waals surface area (Å²) in [6.07, 6.45) is 0.621. The number of rotatable bonds is 5. The van der Waals surface area contributed by atoms with Crippen molar-refractivity contribution in [3.63, 3.8) is 0 Å². The molecule has 0 spiro atoms. The fraction of sp³-hybridized carbons (Fsp3) is 0.562. The zero-order valence-corrected chi connectivity index (χ0v) is 13.1. The molecule has 0 fully saturated rings. The average Bonchev–Trinajstić information content (AvgIpc) is 2.51. The summed E-state index contributed by atoms with van der Waals surface area (Å²) in [4.78, 5) is 13.6. The quantitative estimate of drug-likeness (QED) is 0.905. The van der Waals surface area contributed by atoms with Gasteiger partial charge in [0.15, 0.2) is 0 Å². The van der Waals surface area contributed by atoms with Gasteiger partial charge in [-0.1, -0.05) is 13.0 Å². The van der Waals surface area contributed by atoms with Crippen molar-refractivity contribution in [2.24, 2.45) is 0 Å². The molecule has 2 rings (SSSR count). The van der Waals surface area contributed by atoms with Gasteiger partial charge in [0.05, 0.1) is 13.7 Å². The smallest absolute Gasteiger partial charge is 0.410 e. The molecular weight excluding hydrogens is 268 g/mol. The zero-order chi connectivity index (χ0) is 15.2. The fourth-order valence-electron chi connectivity index (χ4n) is 2.60. The lowest BCUT2D eigenvalue weighted by atomic mass is 9.96. The van der Waals surface area contributed by atoms with E-state index in [0.717, 1.165) is 30.8 Å². The molecule has 0 saturated carbocycles. The first-order chi connectivity index (χ1) is 10.2. The molecule has 5 nitrogen and oxygen atoms in total. The highest BCUT2D eigenvalue weighted by Gasteiger charge is 2.23. The third kappa shape index (κ3) is 3.67. The Morgan fingerprint density at radius 3 is 2.81 bits per heavy atom. The predicted molar refractivity (Wildman–Crippen MR) is 81.5 cm³/mol. The Labute approximate surface area is 126 Å². The minimum atomic E-state index is -0.237. The highest BCUT2D eigenvalue weighted by atomic mass is 16.6. The molecule has 0 aromatic heterocycles. The number of hydrogen-bond acceptors (Lipinski definition) is 4. The highest BCUT2D eigenvalue weighted by molar-refractivity contribution is 5.68. The molecule has 1 heterocycles. The Morgan fingerprint density at radius 2 is 2.14 bits per heavy atom. The standard InChI is InChI=1S/C16H24N2O3/c1-4-17-10-13-8-12-6-7-18(16(19)21-5-2)11-14(12)9-15(13)20-3/h8-9,17H,4-7,10-11H2,1-3H3. The second kappa shape index (κ2) is 7.31. The molecule has 0 bridgehead atoms. The van der Waals surface area contributed by atoms with Gasteiger partial charge in [0, 0.05) is 25.2 Å². The summed E-state index contributed by atoms with van der Waals surface area (Å²) < 4.78 is 10.6. The number of nitrogens with one attached hydrogen (secondary N) is 1. The van der Waals surface area contributed by atoms with Crippen LogP contribution in [0.2, 0.25) is 0 Å². The fourth-order valence-corrected chi connectivity index (χ4v) is 2.60. The Bertz CT molecular complexity index is 503. The molecule has 0 unspecified atom stereocenters. The van der Waals surface area contributed by atoms with Gasteiger partial charge >= 0.3 is 6.09 Å². The van der Waals surface area contributed by atoms with Crippen LogP contribution in [0.4, 0.5) is 4.79 Å². The average molecular weight is 292 g/mol. The van der Waals surface area contributed by atoms with Crippen LogP contribution < -0.4 is 10.1 Å². The lowest BCUT2D eigenvalue weighted by Gasteiger charge is -2.29. The van der Waals surface area contributed by atoms with Crippen molar-refractivity contribution in [1.82, 2.24) is 10.2 Å². The SMILES string of the molecule is CCNCc1cc2c(cc1OC)CN(C(=O)OCC)CC2. The van der Waals surface area contributed by atoms with Gasteiger partial charge in [0.25, 0.3) is 0 Å². The number of carbonyl (C=O) groups excluding carboxylic acids is 1. The van der Waals surface area contributed by atoms with Crippen molar-refractivity contribution >= 4 is 6.09 Å². The summed E-state index contributed by atoms with van der Waals surface area (Å²) in [7, 11) is 1.68. The van der Waals surface area contributed by atoms with Crippen LogP contribution in [-0.4, -0.2) is 37.8 Å². The van der Waals surface area contributed by atoms with Gasteiger partial charge in [-0.05, 0) is 37.1 Å². The van der Waals surface area contributed by atoms with Gasteiger partial charge in [-0.15, -0.1) is 0 Å². The molecule has 116 valence electrons. The lowest BCUT2D eigenvalue weighted by molar-refractivity contribution is 0.102. The van der Waals surface area contributed by atoms with E-state index in [4.69, 9.17) is 9.47 Å². The summed E-state index contributed by atoms with van der Waals surface area (Å²) in [6.45, 7) is 7.34. The maximum Gasteiger partial charge on any atom is 0.410 e. The maximum absolute atomic E-state index is 11.8. The summed E-state index contributed by atoms with van der Waals surface area (Å²) >= 11 is 0. The van der Waals surface area contributed by atoms with Crippen molar-refractivity contribution in [3.8, 4) is 5.75 Å². The van der Waals surface area contributed by atoms with Crippen LogP contribution in [-0.2, 0) is 24.2 Å². The van der Waals surface area contributed by atoms with E-state index in [1.807, 2.05) is 13.0 Å². The topological polar surface area (TPSA) is 50.8 Å². The van der Waals surface area contributed by atoms with Crippen LogP contribution in [0.3, 0.4) is 0 Å². The molecule has 0 saturated heterocycles. The largest absolute Gasteiger partial charge is 0.496 e. The number of nitrogens with zero attached hydrogens (tertiary/aromatic N) is 1. The van der Waals surface area contributed by atoms with Crippen molar-refractivity contribution in [2.45, 2.75) is 33.4 Å². The molecule has 1 aliphatic rings. The molecule has 5 heteroatoms. The molecule has 1 amide bonds. The summed E-state index contributed by atoms with van der Waals surface area (Å²) in [6, 6.07) is 4.24. The third-order valence-corrected chi connectivity index (χ3v) is 3.71. The van der Waals surface area contributed by atoms with Crippen LogP contribution in [0.1, 0.15) is 30.5 Å². The minimum absolute atomic E-state index is 0.237. The Kier molecular flexibility index (Phi) is 5.44. The summed E-state index contributed by atoms with van der Waals surface area (Å²) in [5.41, 5.74) is 3.61. The maximum atomic E-state index is 11.8. The van der Waals surface area contributed by atoms with Gasteiger partial charge in [0.1, 0.15) is 5.75 Å². The van der Waals surface area contributed by atoms with Gasteiger partial charge in [-0.3, -0.25) is 0 Å². The van der Waals surface area contributed by atoms with E-state index < -0.39 is 0 Å². The van der Waals surface area contributed by atoms with Crippen molar-refractivity contribution in [3.05, 3.63) is 28.8 Å². The van der Waals surface area contributed by atoms with E-state index in [0.29, 0.717) is 19.7 Å². The van der Waals surface area contributed by atoms with E-state index in [9.17, 15) is 4.79 Å². The summed E-state index contributed by atoms with van der Waals surface area (Å²) in [5, 5.41) is 3.33. The van der Waals surface area contributed by atoms with Crippen LogP contribution >= 0.6 is 0 Å². The molecule has 0 radical (unpaired) electrons. The van der Waals surface area contributed by atoms with Gasteiger partial charge in [-0.25, -0.2) is 4.79 Å². The van der Waals surface area contributed by atoms with E-state index in [1.165, 1.54) is 11.1 Å². The Balaban J connectivity index is 2.18. The van der Waals surface area contributed by atoms with E-state index in [1.54, 1.807) is 12.0 Å². The molecule has 1 aliphatic heterocycles. The number of amides is 1. The molecule has 1 N–H and O–H groups in total. The molecule has 1 aromatic carbocycles. The van der Waals surface area contributed by atoms with Crippen molar-refractivity contribution < 1.29 is 14.3 Å². The van der Waals surface area contributed by atoms with E-state index >= 15 is 0 Å². The second-order valence-electron chi connectivity index (χ2n) is 5.08. The number of fused-ring (bicyclic) bond motifs is 1. The number of ether oxygens (including phenoxy) is 2. The predicted octanol–water partition coefficient (Wildman–Crippen LogP) is 2.32. The number of carbonyl (C=O) groups is 1. The first-order valence-corrected chi connectivity index (χ1v) is 7.50. The van der Waals surface area contributed by atoms with Crippen LogP contribution in [0.5, 0.6) is 5.75 Å². The molecule has 0 aliphatic carbocycles. The van der Waals surface area contributed by atoms with Gasteiger partial charge in [-0.2, -0.15) is 0 Å². The van der Waals surface area contributed by atoms with Crippen molar-refractivity contribution in [2.75, 3.05) is 26.8 Å². The minimum Gasteiger partial charge on any atom is -0.496 e. The van der Waals surface area contributed by atoms with Crippen LogP contribution in [0.25, 0.3) is 0 Å². The summed E-state index contributed by atoms with van der Waals surface area (Å²) in [5.74, 6) is 0.875. The number of hydrogen-bond donors (Lipinski definition) is 1. The number of benzene rings is 1. The van der Waals surface area contributed by atoms with Gasteiger partial charge < -0.3 is 19.7 Å². The van der Waals surface area contributed by atoms with Gasteiger partial charge in [0.2, 0.25) is 0 Å². The monoisotopic (exact) mass is 292 g/mol. The second-order valence-corrected chi connectivity index (χ2v) is 5.08. The molecular formula is C16H24N2O3. The van der Waals surface area contributed by atoms with Crippen LogP contribution in [0.15, 0.2) is 12.1 Å². The lowest BCUT2D eigenvalue weighted by Crippen LogP contribution is -2.36. The molecule has 21 heavy (non-hydrogen) atoms. The van der Waals surface area contributed by atoms with E-state index in [2.05, 4.69) is 18.3 Å². The Hall–Kier alpha value is -1.75. The van der Waals surface area contributed by atoms with E-state index in [-0.39, 0.29) is 6.09 Å². The van der Waals surface area contributed by atoms with Crippen molar-refractivity contribution in [1.29, 1.82) is 0 Å². The normalized spacial score (nSPS) is 13.8.